The standard InChI is InChI=1S/C22H17N5O3/c1-20-17(14-6-8-15(28-2)9-7-14)22(13-25,19(26)30-20)21(11-23,12-24)18(29-20)16-5-3-4-10-27-16/h3-10,17-18,26H,1-2H3. The zero-order valence-electron chi connectivity index (χ0n) is 16.3. The normalized spacial score (nSPS) is 31.0. The second-order valence-electron chi connectivity index (χ2n) is 7.36. The lowest BCUT2D eigenvalue weighted by Crippen LogP contribution is -2.57. The number of fused-ring (bicyclic) bond motifs is 2. The molecule has 2 bridgehead atoms. The molecule has 2 aliphatic heterocycles. The van der Waals surface area contributed by atoms with E-state index < -0.39 is 34.5 Å². The summed E-state index contributed by atoms with van der Waals surface area (Å²) < 4.78 is 17.2. The minimum Gasteiger partial charge on any atom is -0.497 e. The van der Waals surface area contributed by atoms with Crippen LogP contribution in [-0.2, 0) is 9.47 Å². The van der Waals surface area contributed by atoms with E-state index in [1.807, 2.05) is 12.1 Å². The molecular formula is C22H17N5O3. The molecule has 2 saturated heterocycles. The number of aromatic nitrogens is 1. The molecule has 1 aromatic heterocycles. The lowest BCUT2D eigenvalue weighted by Gasteiger charge is -2.48. The van der Waals surface area contributed by atoms with Crippen LogP contribution >= 0.6 is 0 Å². The molecule has 4 rings (SSSR count). The SMILES string of the molecule is COc1ccc(C2C3(C)OC(=N)C2(C#N)C(C#N)(C#N)C(c2ccccn2)O3)cc1. The smallest absolute Gasteiger partial charge is 0.219 e. The number of methoxy groups -OCH3 is 1. The molecular weight excluding hydrogens is 382 g/mol. The summed E-state index contributed by atoms with van der Waals surface area (Å²) >= 11 is 0. The van der Waals surface area contributed by atoms with E-state index in [0.29, 0.717) is 17.0 Å². The predicted molar refractivity (Wildman–Crippen MR) is 103 cm³/mol. The van der Waals surface area contributed by atoms with E-state index in [0.717, 1.165) is 0 Å². The molecule has 4 unspecified atom stereocenters. The average Bonchev–Trinajstić information content (AvgIpc) is 2.97. The van der Waals surface area contributed by atoms with Crippen LogP contribution in [0.1, 0.15) is 30.2 Å². The quantitative estimate of drug-likeness (QED) is 0.837. The van der Waals surface area contributed by atoms with Crippen molar-refractivity contribution in [2.45, 2.75) is 24.7 Å². The van der Waals surface area contributed by atoms with Crippen molar-refractivity contribution in [1.29, 1.82) is 21.2 Å². The number of hydrogen-bond donors (Lipinski definition) is 1. The number of nitrogens with zero attached hydrogens (tertiary/aromatic N) is 4. The maximum Gasteiger partial charge on any atom is 0.219 e. The van der Waals surface area contributed by atoms with Gasteiger partial charge in [-0.3, -0.25) is 10.4 Å². The Morgan fingerprint density at radius 3 is 2.30 bits per heavy atom. The largest absolute Gasteiger partial charge is 0.497 e. The molecule has 8 nitrogen and oxygen atoms in total. The van der Waals surface area contributed by atoms with Crippen LogP contribution in [0.5, 0.6) is 5.75 Å². The lowest BCUT2D eigenvalue weighted by atomic mass is 9.52. The van der Waals surface area contributed by atoms with Crippen LogP contribution in [0.4, 0.5) is 0 Å². The highest BCUT2D eigenvalue weighted by Gasteiger charge is 2.80. The van der Waals surface area contributed by atoms with Crippen molar-refractivity contribution >= 4 is 5.90 Å². The van der Waals surface area contributed by atoms with E-state index in [1.54, 1.807) is 49.4 Å². The van der Waals surface area contributed by atoms with Gasteiger partial charge >= 0.3 is 0 Å². The molecule has 0 amide bonds. The molecule has 148 valence electrons. The van der Waals surface area contributed by atoms with Crippen LogP contribution < -0.4 is 4.74 Å². The van der Waals surface area contributed by atoms with Gasteiger partial charge in [0.15, 0.2) is 5.41 Å². The summed E-state index contributed by atoms with van der Waals surface area (Å²) in [5.41, 5.74) is -3.05. The third kappa shape index (κ3) is 2.21. The van der Waals surface area contributed by atoms with E-state index in [4.69, 9.17) is 19.6 Å². The van der Waals surface area contributed by atoms with Gasteiger partial charge in [0.05, 0.1) is 36.9 Å². The van der Waals surface area contributed by atoms with Crippen molar-refractivity contribution in [3.05, 3.63) is 59.9 Å². The Morgan fingerprint density at radius 1 is 1.07 bits per heavy atom. The molecule has 0 spiro atoms. The maximum absolute atomic E-state index is 10.4. The number of rotatable bonds is 3. The first-order valence-corrected chi connectivity index (χ1v) is 9.17. The number of benzene rings is 1. The summed E-state index contributed by atoms with van der Waals surface area (Å²) in [6.07, 6.45) is 0.333. The zero-order valence-corrected chi connectivity index (χ0v) is 16.3. The van der Waals surface area contributed by atoms with Crippen molar-refractivity contribution in [3.8, 4) is 24.0 Å². The van der Waals surface area contributed by atoms with Gasteiger partial charge in [-0.15, -0.1) is 0 Å². The van der Waals surface area contributed by atoms with E-state index in [2.05, 4.69) is 11.1 Å². The van der Waals surface area contributed by atoms with Crippen LogP contribution in [0.25, 0.3) is 0 Å². The average molecular weight is 399 g/mol. The van der Waals surface area contributed by atoms with Crippen LogP contribution in [-0.4, -0.2) is 23.8 Å². The Labute approximate surface area is 173 Å². The van der Waals surface area contributed by atoms with Crippen LogP contribution in [0, 0.1) is 50.2 Å². The highest BCUT2D eigenvalue weighted by Crippen LogP contribution is 2.69. The summed E-state index contributed by atoms with van der Waals surface area (Å²) in [6.45, 7) is 1.62. The van der Waals surface area contributed by atoms with Gasteiger partial charge in [-0.05, 0) is 29.8 Å². The van der Waals surface area contributed by atoms with Gasteiger partial charge in [-0.25, -0.2) is 0 Å². The van der Waals surface area contributed by atoms with E-state index in [9.17, 15) is 15.8 Å². The molecule has 2 aliphatic rings. The van der Waals surface area contributed by atoms with E-state index >= 15 is 0 Å². The molecule has 3 heterocycles. The van der Waals surface area contributed by atoms with Gasteiger partial charge in [0.2, 0.25) is 17.1 Å². The molecule has 0 aliphatic carbocycles. The Bertz CT molecular complexity index is 1110. The van der Waals surface area contributed by atoms with Gasteiger partial charge < -0.3 is 14.2 Å². The molecule has 8 heteroatoms. The predicted octanol–water partition coefficient (Wildman–Crippen LogP) is 3.21. The highest BCUT2D eigenvalue weighted by atomic mass is 16.7. The van der Waals surface area contributed by atoms with Gasteiger partial charge in [-0.2, -0.15) is 15.8 Å². The second kappa shape index (κ2) is 6.56. The summed E-state index contributed by atoms with van der Waals surface area (Å²) in [7, 11) is 1.53. The first-order chi connectivity index (χ1) is 14.4. The number of nitriles is 3. The molecule has 0 radical (unpaired) electrons. The van der Waals surface area contributed by atoms with Crippen LogP contribution in [0.15, 0.2) is 48.7 Å². The number of hydrogen-bond acceptors (Lipinski definition) is 8. The lowest BCUT2D eigenvalue weighted by molar-refractivity contribution is -0.254. The first-order valence-electron chi connectivity index (χ1n) is 9.17. The molecule has 1 aromatic carbocycles. The van der Waals surface area contributed by atoms with Crippen LogP contribution in [0.3, 0.4) is 0 Å². The Balaban J connectivity index is 2.00. The number of nitrogens with one attached hydrogen (secondary N) is 1. The topological polar surface area (TPSA) is 136 Å². The van der Waals surface area contributed by atoms with Gasteiger partial charge in [0.1, 0.15) is 11.9 Å². The molecule has 4 atom stereocenters. The Morgan fingerprint density at radius 2 is 1.77 bits per heavy atom. The molecule has 0 saturated carbocycles. The molecule has 2 fully saturated rings. The zero-order chi connectivity index (χ0) is 21.6. The number of ether oxygens (including phenoxy) is 3. The fraction of sp³-hybridized carbons (Fsp3) is 0.318. The molecule has 2 aromatic rings. The fourth-order valence-corrected chi connectivity index (χ4v) is 4.58. The maximum atomic E-state index is 10.4. The minimum absolute atomic E-state index is 0.318. The second-order valence-corrected chi connectivity index (χ2v) is 7.36. The van der Waals surface area contributed by atoms with Crippen LogP contribution in [0.2, 0.25) is 0 Å². The minimum atomic E-state index is -2.06. The van der Waals surface area contributed by atoms with Gasteiger partial charge in [0.25, 0.3) is 0 Å². The third-order valence-electron chi connectivity index (χ3n) is 5.92. The van der Waals surface area contributed by atoms with Crippen molar-refractivity contribution in [3.63, 3.8) is 0 Å². The fourth-order valence-electron chi connectivity index (χ4n) is 4.58. The third-order valence-corrected chi connectivity index (χ3v) is 5.92. The molecule has 30 heavy (non-hydrogen) atoms. The van der Waals surface area contributed by atoms with E-state index in [-0.39, 0.29) is 0 Å². The Hall–Kier alpha value is -3.93. The monoisotopic (exact) mass is 399 g/mol. The summed E-state index contributed by atoms with van der Waals surface area (Å²) in [4.78, 5) is 4.25. The summed E-state index contributed by atoms with van der Waals surface area (Å²) in [6, 6.07) is 18.0. The number of pyridine rings is 1. The van der Waals surface area contributed by atoms with Crippen molar-refractivity contribution in [2.75, 3.05) is 7.11 Å². The molecule has 1 N–H and O–H groups in total. The van der Waals surface area contributed by atoms with Crippen molar-refractivity contribution in [2.24, 2.45) is 10.8 Å². The van der Waals surface area contributed by atoms with Crippen molar-refractivity contribution < 1.29 is 14.2 Å². The van der Waals surface area contributed by atoms with Gasteiger partial charge in [0, 0.05) is 13.1 Å². The van der Waals surface area contributed by atoms with Crippen molar-refractivity contribution in [1.82, 2.24) is 4.98 Å². The summed E-state index contributed by atoms with van der Waals surface area (Å²) in [5, 5.41) is 39.4. The first kappa shape index (κ1) is 19.4. The highest BCUT2D eigenvalue weighted by molar-refractivity contribution is 5.90. The van der Waals surface area contributed by atoms with E-state index in [1.165, 1.54) is 13.3 Å². The van der Waals surface area contributed by atoms with Gasteiger partial charge in [-0.1, -0.05) is 18.2 Å². The Kier molecular flexibility index (Phi) is 4.24. The summed E-state index contributed by atoms with van der Waals surface area (Å²) in [5.74, 6) is -2.21.